The lowest BCUT2D eigenvalue weighted by atomic mass is 10.2. The van der Waals surface area contributed by atoms with Crippen LogP contribution in [0.1, 0.15) is 15.9 Å². The highest BCUT2D eigenvalue weighted by atomic mass is 35.5. The van der Waals surface area contributed by atoms with Crippen LogP contribution in [0.3, 0.4) is 0 Å². The average molecular weight is 366 g/mol. The summed E-state index contributed by atoms with van der Waals surface area (Å²) < 4.78 is 29.2. The Hall–Kier alpha value is -1.37. The predicted molar refractivity (Wildman–Crippen MR) is 83.2 cm³/mol. The zero-order valence-corrected chi connectivity index (χ0v) is 13.7. The molecule has 0 spiro atoms. The van der Waals surface area contributed by atoms with Gasteiger partial charge >= 0.3 is 6.61 Å². The topological polar surface area (TPSA) is 29.5 Å². The Morgan fingerprint density at radius 1 is 1.32 bits per heavy atom. The molecule has 0 aliphatic carbocycles. The first-order valence-electron chi connectivity index (χ1n) is 6.11. The lowest BCUT2D eigenvalue weighted by molar-refractivity contribution is -0.0498. The van der Waals surface area contributed by atoms with Gasteiger partial charge in [-0.3, -0.25) is 4.79 Å². The fraction of sp³-hybridized carbons (Fsp3) is 0.214. The van der Waals surface area contributed by atoms with E-state index in [1.54, 1.807) is 19.2 Å². The SMILES string of the molecule is CN(Cc1ccc(OC(F)F)cc1)C(=O)c1cc(Cl)sc1Cl. The van der Waals surface area contributed by atoms with Crippen molar-refractivity contribution in [3.63, 3.8) is 0 Å². The van der Waals surface area contributed by atoms with Gasteiger partial charge in [-0.15, -0.1) is 11.3 Å². The molecule has 3 nitrogen and oxygen atoms in total. The van der Waals surface area contributed by atoms with Crippen molar-refractivity contribution in [1.82, 2.24) is 4.90 Å². The number of amides is 1. The number of ether oxygens (including phenoxy) is 1. The van der Waals surface area contributed by atoms with Crippen molar-refractivity contribution in [3.05, 3.63) is 50.1 Å². The number of alkyl halides is 2. The first-order chi connectivity index (χ1) is 10.4. The van der Waals surface area contributed by atoms with Crippen LogP contribution >= 0.6 is 34.5 Å². The van der Waals surface area contributed by atoms with Crippen LogP contribution in [0.2, 0.25) is 8.67 Å². The van der Waals surface area contributed by atoms with Gasteiger partial charge in [0.2, 0.25) is 0 Å². The van der Waals surface area contributed by atoms with Gasteiger partial charge in [-0.1, -0.05) is 35.3 Å². The molecule has 22 heavy (non-hydrogen) atoms. The van der Waals surface area contributed by atoms with E-state index in [0.717, 1.165) is 16.9 Å². The zero-order chi connectivity index (χ0) is 16.3. The van der Waals surface area contributed by atoms with Gasteiger partial charge in [-0.25, -0.2) is 0 Å². The summed E-state index contributed by atoms with van der Waals surface area (Å²) >= 11 is 12.9. The van der Waals surface area contributed by atoms with Gasteiger partial charge in [0, 0.05) is 13.6 Å². The number of carbonyl (C=O) groups is 1. The third kappa shape index (κ3) is 4.32. The van der Waals surface area contributed by atoms with Crippen molar-refractivity contribution < 1.29 is 18.3 Å². The second-order valence-electron chi connectivity index (χ2n) is 4.42. The van der Waals surface area contributed by atoms with Crippen molar-refractivity contribution in [1.29, 1.82) is 0 Å². The standard InChI is InChI=1S/C14H11Cl2F2NO2S/c1-19(13(20)10-6-11(15)22-12(10)16)7-8-2-4-9(5-3-8)21-14(17)18/h2-6,14H,7H2,1H3. The van der Waals surface area contributed by atoms with E-state index in [9.17, 15) is 13.6 Å². The van der Waals surface area contributed by atoms with E-state index in [1.165, 1.54) is 23.1 Å². The Labute approximate surface area is 140 Å². The quantitative estimate of drug-likeness (QED) is 0.751. The molecular formula is C14H11Cl2F2NO2S. The molecule has 2 aromatic rings. The maximum atomic E-state index is 12.3. The number of rotatable bonds is 5. The number of hydrogen-bond acceptors (Lipinski definition) is 3. The van der Waals surface area contributed by atoms with Crippen LogP contribution in [0.4, 0.5) is 8.78 Å². The summed E-state index contributed by atoms with van der Waals surface area (Å²) in [5.74, 6) is -0.193. The molecule has 8 heteroatoms. The molecule has 0 saturated carbocycles. The van der Waals surface area contributed by atoms with Gasteiger partial charge < -0.3 is 9.64 Å². The summed E-state index contributed by atoms with van der Waals surface area (Å²) in [6.45, 7) is -2.56. The Bertz CT molecular complexity index is 661. The maximum absolute atomic E-state index is 12.3. The van der Waals surface area contributed by atoms with Crippen molar-refractivity contribution >= 4 is 40.4 Å². The van der Waals surface area contributed by atoms with Crippen LogP contribution in [-0.4, -0.2) is 24.5 Å². The fourth-order valence-corrected chi connectivity index (χ4v) is 3.26. The molecule has 118 valence electrons. The number of benzene rings is 1. The zero-order valence-electron chi connectivity index (χ0n) is 11.4. The van der Waals surface area contributed by atoms with E-state index in [0.29, 0.717) is 20.8 Å². The first kappa shape index (κ1) is 17.0. The molecule has 0 aliphatic rings. The van der Waals surface area contributed by atoms with E-state index in [1.807, 2.05) is 0 Å². The van der Waals surface area contributed by atoms with Gasteiger partial charge in [0.25, 0.3) is 5.91 Å². The molecule has 1 heterocycles. The third-order valence-corrected chi connectivity index (χ3v) is 4.29. The van der Waals surface area contributed by atoms with Gasteiger partial charge in [0.05, 0.1) is 9.90 Å². The summed E-state index contributed by atoms with van der Waals surface area (Å²) in [6.07, 6.45) is 0. The molecule has 0 atom stereocenters. The first-order valence-corrected chi connectivity index (χ1v) is 7.68. The Kier molecular flexibility index (Phi) is 5.61. The molecular weight excluding hydrogens is 355 g/mol. The summed E-state index contributed by atoms with van der Waals surface area (Å²) in [5, 5.41) is 0. The smallest absolute Gasteiger partial charge is 0.387 e. The van der Waals surface area contributed by atoms with Crippen LogP contribution in [0, 0.1) is 0 Å². The van der Waals surface area contributed by atoms with E-state index in [4.69, 9.17) is 23.2 Å². The van der Waals surface area contributed by atoms with Gasteiger partial charge in [0.15, 0.2) is 0 Å². The number of halogens is 4. The highest BCUT2D eigenvalue weighted by Gasteiger charge is 2.18. The van der Waals surface area contributed by atoms with Crippen molar-refractivity contribution in [2.24, 2.45) is 0 Å². The van der Waals surface area contributed by atoms with Crippen molar-refractivity contribution in [2.45, 2.75) is 13.2 Å². The van der Waals surface area contributed by atoms with Crippen molar-refractivity contribution in [2.75, 3.05) is 7.05 Å². The average Bonchev–Trinajstić information content (AvgIpc) is 2.78. The van der Waals surface area contributed by atoms with Crippen molar-refractivity contribution in [3.8, 4) is 5.75 Å². The summed E-state index contributed by atoms with van der Waals surface area (Å²) in [6, 6.07) is 7.60. The maximum Gasteiger partial charge on any atom is 0.387 e. The van der Waals surface area contributed by atoms with Gasteiger partial charge in [-0.05, 0) is 23.8 Å². The molecule has 0 N–H and O–H groups in total. The molecule has 0 bridgehead atoms. The van der Waals surface area contributed by atoms with E-state index < -0.39 is 6.61 Å². The van der Waals surface area contributed by atoms with Gasteiger partial charge in [0.1, 0.15) is 10.1 Å². The van der Waals surface area contributed by atoms with E-state index in [-0.39, 0.29) is 11.7 Å². The highest BCUT2D eigenvalue weighted by Crippen LogP contribution is 2.32. The van der Waals surface area contributed by atoms with Crippen LogP contribution < -0.4 is 4.74 Å². The number of hydrogen-bond donors (Lipinski definition) is 0. The van der Waals surface area contributed by atoms with Crippen LogP contribution in [-0.2, 0) is 6.54 Å². The minimum absolute atomic E-state index is 0.0698. The molecule has 0 aliphatic heterocycles. The molecule has 0 radical (unpaired) electrons. The molecule has 2 rings (SSSR count). The summed E-state index contributed by atoms with van der Waals surface area (Å²) in [7, 11) is 1.62. The Morgan fingerprint density at radius 3 is 2.45 bits per heavy atom. The van der Waals surface area contributed by atoms with E-state index >= 15 is 0 Å². The van der Waals surface area contributed by atoms with Crippen LogP contribution in [0.25, 0.3) is 0 Å². The van der Waals surface area contributed by atoms with Gasteiger partial charge in [-0.2, -0.15) is 8.78 Å². The van der Waals surface area contributed by atoms with Crippen LogP contribution in [0.5, 0.6) is 5.75 Å². The number of thiophene rings is 1. The third-order valence-electron chi connectivity index (χ3n) is 2.80. The van der Waals surface area contributed by atoms with Crippen LogP contribution in [0.15, 0.2) is 30.3 Å². The molecule has 1 amide bonds. The second kappa shape index (κ2) is 7.26. The molecule has 0 unspecified atom stereocenters. The Morgan fingerprint density at radius 2 is 1.95 bits per heavy atom. The Balaban J connectivity index is 2.03. The normalized spacial score (nSPS) is 10.8. The minimum Gasteiger partial charge on any atom is -0.435 e. The molecule has 1 aromatic heterocycles. The molecule has 0 fully saturated rings. The van der Waals surface area contributed by atoms with E-state index in [2.05, 4.69) is 4.74 Å². The number of nitrogens with zero attached hydrogens (tertiary/aromatic N) is 1. The fourth-order valence-electron chi connectivity index (χ4n) is 1.81. The minimum atomic E-state index is -2.86. The summed E-state index contributed by atoms with van der Waals surface area (Å²) in [5.41, 5.74) is 1.12. The predicted octanol–water partition coefficient (Wildman–Crippen LogP) is 4.93. The molecule has 1 aromatic carbocycles. The number of carbonyl (C=O) groups excluding carboxylic acids is 1. The lowest BCUT2D eigenvalue weighted by Gasteiger charge is -2.17. The largest absolute Gasteiger partial charge is 0.435 e. The second-order valence-corrected chi connectivity index (χ2v) is 6.71. The summed E-state index contributed by atoms with van der Waals surface area (Å²) in [4.78, 5) is 13.7. The lowest BCUT2D eigenvalue weighted by Crippen LogP contribution is -2.26. The monoisotopic (exact) mass is 365 g/mol. The molecule has 0 saturated heterocycles. The highest BCUT2D eigenvalue weighted by molar-refractivity contribution is 7.20.